The first-order valence-electron chi connectivity index (χ1n) is 7.13. The number of nitrogens with one attached hydrogen (secondary N) is 1. The maximum absolute atomic E-state index is 12.8. The maximum Gasteiger partial charge on any atom is 0.453 e. The Morgan fingerprint density at radius 3 is 2.54 bits per heavy atom. The molecule has 128 valence electrons. The van der Waals surface area contributed by atoms with Crippen LogP contribution in [0.25, 0.3) is 5.65 Å². The molecule has 3 aromatic heterocycles. The van der Waals surface area contributed by atoms with Crippen molar-refractivity contribution in [3.05, 3.63) is 35.8 Å². The number of aromatic nitrogens is 5. The van der Waals surface area contributed by atoms with Gasteiger partial charge in [0.05, 0.1) is 12.7 Å². The number of hydrogen-bond acceptors (Lipinski definition) is 6. The lowest BCUT2D eigenvalue weighted by Crippen LogP contribution is -2.13. The Kier molecular flexibility index (Phi) is 3.69. The van der Waals surface area contributed by atoms with Crippen LogP contribution in [-0.4, -0.2) is 24.8 Å². The van der Waals surface area contributed by atoms with E-state index in [0.29, 0.717) is 10.4 Å². The van der Waals surface area contributed by atoms with Crippen LogP contribution < -0.4 is 5.32 Å². The van der Waals surface area contributed by atoms with E-state index >= 15 is 0 Å². The van der Waals surface area contributed by atoms with Crippen LogP contribution in [-0.2, 0) is 18.1 Å². The van der Waals surface area contributed by atoms with E-state index in [1.165, 1.54) is 12.1 Å². The summed E-state index contributed by atoms with van der Waals surface area (Å²) in [5.74, 6) is 0.193. The zero-order valence-electron chi connectivity index (χ0n) is 13.2. The fourth-order valence-corrected chi connectivity index (χ4v) is 1.96. The van der Waals surface area contributed by atoms with Crippen molar-refractivity contribution in [1.29, 1.82) is 0 Å². The molecular weight excluding hydrogens is 325 g/mol. The predicted octanol–water partition coefficient (Wildman–Crippen LogP) is 3.04. The van der Waals surface area contributed by atoms with Gasteiger partial charge >= 0.3 is 6.18 Å². The lowest BCUT2D eigenvalue weighted by atomic mass is 9.94. The van der Waals surface area contributed by atoms with Crippen molar-refractivity contribution in [2.75, 3.05) is 5.32 Å². The number of rotatable bonds is 3. The Hall–Kier alpha value is -2.65. The molecule has 0 aromatic carbocycles. The molecule has 0 spiro atoms. The fourth-order valence-electron chi connectivity index (χ4n) is 1.96. The van der Waals surface area contributed by atoms with E-state index in [1.807, 2.05) is 20.8 Å². The van der Waals surface area contributed by atoms with Crippen LogP contribution in [0, 0.1) is 0 Å². The summed E-state index contributed by atoms with van der Waals surface area (Å²) in [5.41, 5.74) is -0.161. The Morgan fingerprint density at radius 2 is 1.92 bits per heavy atom. The SMILES string of the molecule is CC(C)(C)c1cnc(CNc2ccc3nnc(C(F)(F)F)n3n2)o1. The summed E-state index contributed by atoms with van der Waals surface area (Å²) in [6.45, 7) is 6.17. The zero-order valence-corrected chi connectivity index (χ0v) is 13.2. The Morgan fingerprint density at radius 1 is 1.17 bits per heavy atom. The highest BCUT2D eigenvalue weighted by atomic mass is 19.4. The number of nitrogens with zero attached hydrogens (tertiary/aromatic N) is 5. The van der Waals surface area contributed by atoms with Gasteiger partial charge in [-0.2, -0.15) is 17.7 Å². The monoisotopic (exact) mass is 340 g/mol. The summed E-state index contributed by atoms with van der Waals surface area (Å²) in [6, 6.07) is 2.91. The standard InChI is InChI=1S/C14H15F3N6O/c1-13(2,3)8-6-19-11(24-8)7-18-9-4-5-10-20-21-12(14(15,16)17)23(10)22-9/h4-6H,7H2,1-3H3,(H,18,22). The molecule has 0 bridgehead atoms. The minimum absolute atomic E-state index is 0.0130. The Labute approximate surface area is 134 Å². The van der Waals surface area contributed by atoms with Crippen molar-refractivity contribution < 1.29 is 17.6 Å². The van der Waals surface area contributed by atoms with Crippen molar-refractivity contribution in [1.82, 2.24) is 24.8 Å². The van der Waals surface area contributed by atoms with E-state index in [2.05, 4.69) is 25.6 Å². The van der Waals surface area contributed by atoms with Crippen molar-refractivity contribution in [3.63, 3.8) is 0 Å². The number of fused-ring (bicyclic) bond motifs is 1. The molecule has 0 aliphatic carbocycles. The van der Waals surface area contributed by atoms with Crippen molar-refractivity contribution in [2.45, 2.75) is 38.9 Å². The fraction of sp³-hybridized carbons (Fsp3) is 0.429. The van der Waals surface area contributed by atoms with E-state index in [4.69, 9.17) is 4.42 Å². The van der Waals surface area contributed by atoms with Gasteiger partial charge in [-0.1, -0.05) is 20.8 Å². The van der Waals surface area contributed by atoms with Gasteiger partial charge in [0.2, 0.25) is 5.89 Å². The molecule has 7 nitrogen and oxygen atoms in total. The normalized spacial score (nSPS) is 12.8. The minimum Gasteiger partial charge on any atom is -0.443 e. The lowest BCUT2D eigenvalue weighted by molar-refractivity contribution is -0.146. The molecule has 0 atom stereocenters. The number of halogens is 3. The summed E-state index contributed by atoms with van der Waals surface area (Å²) in [6.07, 6.45) is -3.00. The largest absolute Gasteiger partial charge is 0.453 e. The lowest BCUT2D eigenvalue weighted by Gasteiger charge is -2.13. The van der Waals surface area contributed by atoms with Crippen LogP contribution in [0.5, 0.6) is 0 Å². The van der Waals surface area contributed by atoms with Crippen molar-refractivity contribution in [3.8, 4) is 0 Å². The summed E-state index contributed by atoms with van der Waals surface area (Å²) in [4.78, 5) is 4.14. The predicted molar refractivity (Wildman–Crippen MR) is 78.3 cm³/mol. The molecule has 3 aromatic rings. The first-order valence-corrected chi connectivity index (χ1v) is 7.13. The zero-order chi connectivity index (χ0) is 17.5. The molecule has 0 unspecified atom stereocenters. The highest BCUT2D eigenvalue weighted by Gasteiger charge is 2.37. The second-order valence-electron chi connectivity index (χ2n) is 6.23. The first kappa shape index (κ1) is 16.2. The van der Waals surface area contributed by atoms with Gasteiger partial charge in [0, 0.05) is 5.41 Å². The molecule has 10 heteroatoms. The van der Waals surface area contributed by atoms with Gasteiger partial charge in [-0.25, -0.2) is 4.98 Å². The van der Waals surface area contributed by atoms with Crippen LogP contribution in [0.1, 0.15) is 38.2 Å². The minimum atomic E-state index is -4.63. The number of hydrogen-bond donors (Lipinski definition) is 1. The highest BCUT2D eigenvalue weighted by Crippen LogP contribution is 2.27. The third kappa shape index (κ3) is 3.17. The molecule has 24 heavy (non-hydrogen) atoms. The second kappa shape index (κ2) is 5.46. The van der Waals surface area contributed by atoms with E-state index in [0.717, 1.165) is 5.76 Å². The molecule has 0 saturated heterocycles. The Balaban J connectivity index is 1.79. The van der Waals surface area contributed by atoms with Crippen LogP contribution >= 0.6 is 0 Å². The van der Waals surface area contributed by atoms with Crippen LogP contribution in [0.2, 0.25) is 0 Å². The van der Waals surface area contributed by atoms with E-state index in [1.54, 1.807) is 6.20 Å². The first-order chi connectivity index (χ1) is 11.1. The van der Waals surface area contributed by atoms with Crippen LogP contribution in [0.15, 0.2) is 22.7 Å². The van der Waals surface area contributed by atoms with Crippen molar-refractivity contribution >= 4 is 11.5 Å². The molecule has 1 N–H and O–H groups in total. The second-order valence-corrected chi connectivity index (χ2v) is 6.23. The topological polar surface area (TPSA) is 81.1 Å². The Bertz CT molecular complexity index is 861. The third-order valence-corrected chi connectivity index (χ3v) is 3.23. The van der Waals surface area contributed by atoms with E-state index in [9.17, 15) is 13.2 Å². The van der Waals surface area contributed by atoms with Gasteiger partial charge in [-0.3, -0.25) is 0 Å². The quantitative estimate of drug-likeness (QED) is 0.789. The average molecular weight is 340 g/mol. The van der Waals surface area contributed by atoms with Gasteiger partial charge in [-0.15, -0.1) is 15.3 Å². The van der Waals surface area contributed by atoms with Crippen molar-refractivity contribution in [2.24, 2.45) is 0 Å². The smallest absolute Gasteiger partial charge is 0.443 e. The molecule has 0 aliphatic heterocycles. The maximum atomic E-state index is 12.8. The summed E-state index contributed by atoms with van der Waals surface area (Å²) >= 11 is 0. The molecular formula is C14H15F3N6O. The van der Waals surface area contributed by atoms with Gasteiger partial charge in [-0.05, 0) is 12.1 Å². The molecule has 3 heterocycles. The van der Waals surface area contributed by atoms with Crippen LogP contribution in [0.3, 0.4) is 0 Å². The van der Waals surface area contributed by atoms with Gasteiger partial charge in [0.15, 0.2) is 5.65 Å². The summed E-state index contributed by atoms with van der Waals surface area (Å²) in [5, 5.41) is 13.3. The number of alkyl halides is 3. The molecule has 0 radical (unpaired) electrons. The van der Waals surface area contributed by atoms with E-state index < -0.39 is 12.0 Å². The van der Waals surface area contributed by atoms with Gasteiger partial charge in [0.1, 0.15) is 11.6 Å². The number of anilines is 1. The van der Waals surface area contributed by atoms with E-state index in [-0.39, 0.29) is 23.4 Å². The molecule has 3 rings (SSSR count). The molecule has 0 saturated carbocycles. The molecule has 0 aliphatic rings. The summed E-state index contributed by atoms with van der Waals surface area (Å²) in [7, 11) is 0. The molecule has 0 amide bonds. The van der Waals surface area contributed by atoms with Crippen LogP contribution in [0.4, 0.5) is 19.0 Å². The summed E-state index contributed by atoms with van der Waals surface area (Å²) < 4.78 is 44.8. The third-order valence-electron chi connectivity index (χ3n) is 3.23. The van der Waals surface area contributed by atoms with Gasteiger partial charge < -0.3 is 9.73 Å². The molecule has 0 fully saturated rings. The number of oxazole rings is 1. The van der Waals surface area contributed by atoms with Gasteiger partial charge in [0.25, 0.3) is 5.82 Å². The average Bonchev–Trinajstić information content (AvgIpc) is 3.10. The highest BCUT2D eigenvalue weighted by molar-refractivity contribution is 5.44.